The molecule has 5 heteroatoms. The molecule has 0 aromatic heterocycles. The van der Waals surface area contributed by atoms with E-state index in [4.69, 9.17) is 5.11 Å². The minimum absolute atomic E-state index is 0.0532. The van der Waals surface area contributed by atoms with Gasteiger partial charge in [0.1, 0.15) is 0 Å². The predicted molar refractivity (Wildman–Crippen MR) is 74.0 cm³/mol. The lowest BCUT2D eigenvalue weighted by Crippen LogP contribution is -2.47. The Balaban J connectivity index is 2.37. The summed E-state index contributed by atoms with van der Waals surface area (Å²) in [6.45, 7) is 8.37. The average Bonchev–Trinajstić information content (AvgIpc) is 2.34. The molecule has 5 nitrogen and oxygen atoms in total. The van der Waals surface area contributed by atoms with Crippen LogP contribution in [0.2, 0.25) is 0 Å². The first-order valence-corrected chi connectivity index (χ1v) is 7.14. The number of carbonyl (C=O) groups is 2. The molecule has 0 saturated carbocycles. The molecular weight excluding hydrogens is 244 g/mol. The third-order valence-electron chi connectivity index (χ3n) is 3.98. The number of nitrogens with zero attached hydrogens (tertiary/aromatic N) is 1. The van der Waals surface area contributed by atoms with Crippen molar-refractivity contribution in [2.24, 2.45) is 17.8 Å². The molecule has 1 aliphatic heterocycles. The molecule has 1 rings (SSSR count). The summed E-state index contributed by atoms with van der Waals surface area (Å²) in [5.41, 5.74) is 0. The molecule has 0 radical (unpaired) electrons. The highest BCUT2D eigenvalue weighted by molar-refractivity contribution is 5.74. The zero-order valence-electron chi connectivity index (χ0n) is 12.2. The van der Waals surface area contributed by atoms with Crippen molar-refractivity contribution in [3.8, 4) is 0 Å². The zero-order valence-corrected chi connectivity index (χ0v) is 12.2. The highest BCUT2D eigenvalue weighted by Gasteiger charge is 2.25. The Bertz CT molecular complexity index is 318. The normalized spacial score (nSPS) is 21.3. The Morgan fingerprint density at radius 1 is 1.37 bits per heavy atom. The van der Waals surface area contributed by atoms with Crippen molar-refractivity contribution in [3.05, 3.63) is 0 Å². The second kappa shape index (κ2) is 7.36. The molecule has 0 aromatic carbocycles. The van der Waals surface area contributed by atoms with Gasteiger partial charge in [-0.1, -0.05) is 20.8 Å². The fourth-order valence-corrected chi connectivity index (χ4v) is 2.26. The van der Waals surface area contributed by atoms with Crippen LogP contribution in [-0.2, 0) is 4.79 Å². The zero-order chi connectivity index (χ0) is 14.4. The molecule has 110 valence electrons. The molecule has 2 amide bonds. The van der Waals surface area contributed by atoms with Crippen molar-refractivity contribution in [2.75, 3.05) is 19.6 Å². The van der Waals surface area contributed by atoms with Crippen LogP contribution in [0.1, 0.15) is 40.0 Å². The van der Waals surface area contributed by atoms with Gasteiger partial charge in [-0.05, 0) is 30.6 Å². The van der Waals surface area contributed by atoms with Crippen molar-refractivity contribution in [3.63, 3.8) is 0 Å². The number of hydrogen-bond acceptors (Lipinski definition) is 2. The topological polar surface area (TPSA) is 69.6 Å². The second-order valence-electron chi connectivity index (χ2n) is 5.96. The van der Waals surface area contributed by atoms with E-state index in [1.807, 2.05) is 0 Å². The van der Waals surface area contributed by atoms with Crippen LogP contribution in [0.3, 0.4) is 0 Å². The minimum atomic E-state index is -0.777. The number of amides is 2. The standard InChI is InChI=1S/C14H26N2O3/c1-10(2)11(3)8-15-14(19)16-6-4-5-12(9-16)7-13(17)18/h10-12H,4-9H2,1-3H3,(H,15,19)(H,17,18). The number of carboxylic acid groups (broad SMARTS) is 1. The fraction of sp³-hybridized carbons (Fsp3) is 0.857. The number of hydrogen-bond donors (Lipinski definition) is 2. The van der Waals surface area contributed by atoms with Crippen LogP contribution in [0.15, 0.2) is 0 Å². The number of carbonyl (C=O) groups excluding carboxylic acids is 1. The largest absolute Gasteiger partial charge is 0.481 e. The molecule has 2 unspecified atom stereocenters. The summed E-state index contributed by atoms with van der Waals surface area (Å²) in [5.74, 6) is 0.310. The van der Waals surface area contributed by atoms with Gasteiger partial charge in [0.2, 0.25) is 0 Å². The number of piperidine rings is 1. The first kappa shape index (κ1) is 15.8. The monoisotopic (exact) mass is 270 g/mol. The molecule has 1 fully saturated rings. The van der Waals surface area contributed by atoms with Crippen LogP contribution in [0, 0.1) is 17.8 Å². The Morgan fingerprint density at radius 3 is 2.63 bits per heavy atom. The molecule has 1 aliphatic rings. The van der Waals surface area contributed by atoms with Crippen molar-refractivity contribution in [1.29, 1.82) is 0 Å². The van der Waals surface area contributed by atoms with Gasteiger partial charge >= 0.3 is 12.0 Å². The van der Waals surface area contributed by atoms with Crippen LogP contribution in [0.4, 0.5) is 4.79 Å². The first-order chi connectivity index (χ1) is 8.90. The van der Waals surface area contributed by atoms with E-state index in [9.17, 15) is 9.59 Å². The Kier molecular flexibility index (Phi) is 6.12. The average molecular weight is 270 g/mol. The molecule has 0 aliphatic carbocycles. The van der Waals surface area contributed by atoms with Crippen LogP contribution < -0.4 is 5.32 Å². The molecule has 0 spiro atoms. The van der Waals surface area contributed by atoms with Gasteiger partial charge in [-0.15, -0.1) is 0 Å². The number of aliphatic carboxylic acids is 1. The van der Waals surface area contributed by atoms with E-state index in [2.05, 4.69) is 26.1 Å². The predicted octanol–water partition coefficient (Wildman–Crippen LogP) is 2.17. The lowest BCUT2D eigenvalue weighted by Gasteiger charge is -2.32. The maximum Gasteiger partial charge on any atom is 0.317 e. The highest BCUT2D eigenvalue weighted by Crippen LogP contribution is 2.19. The van der Waals surface area contributed by atoms with Crippen molar-refractivity contribution < 1.29 is 14.7 Å². The Labute approximate surface area is 115 Å². The molecule has 0 bridgehead atoms. The van der Waals surface area contributed by atoms with Gasteiger partial charge in [0.05, 0.1) is 0 Å². The summed E-state index contributed by atoms with van der Waals surface area (Å²) in [6, 6.07) is -0.0532. The number of carboxylic acids is 1. The SMILES string of the molecule is CC(C)C(C)CNC(=O)N1CCCC(CC(=O)O)C1. The summed E-state index contributed by atoms with van der Waals surface area (Å²) >= 11 is 0. The van der Waals surface area contributed by atoms with Crippen LogP contribution in [0.5, 0.6) is 0 Å². The number of likely N-dealkylation sites (tertiary alicyclic amines) is 1. The maximum absolute atomic E-state index is 12.0. The number of rotatable bonds is 5. The summed E-state index contributed by atoms with van der Waals surface area (Å²) < 4.78 is 0. The van der Waals surface area contributed by atoms with E-state index in [1.54, 1.807) is 4.90 Å². The third kappa shape index (κ3) is 5.49. The van der Waals surface area contributed by atoms with E-state index >= 15 is 0 Å². The van der Waals surface area contributed by atoms with E-state index in [0.29, 0.717) is 24.9 Å². The summed E-state index contributed by atoms with van der Waals surface area (Å²) in [4.78, 5) is 24.5. The van der Waals surface area contributed by atoms with Crippen LogP contribution in [0.25, 0.3) is 0 Å². The van der Waals surface area contributed by atoms with E-state index in [1.165, 1.54) is 0 Å². The van der Waals surface area contributed by atoms with Crippen molar-refractivity contribution in [1.82, 2.24) is 10.2 Å². The van der Waals surface area contributed by atoms with Crippen LogP contribution in [-0.4, -0.2) is 41.6 Å². The van der Waals surface area contributed by atoms with Gasteiger partial charge < -0.3 is 15.3 Å². The van der Waals surface area contributed by atoms with Gasteiger partial charge in [0.15, 0.2) is 0 Å². The lowest BCUT2D eigenvalue weighted by molar-refractivity contribution is -0.138. The molecule has 19 heavy (non-hydrogen) atoms. The molecule has 1 saturated heterocycles. The maximum atomic E-state index is 12.0. The van der Waals surface area contributed by atoms with E-state index < -0.39 is 5.97 Å². The molecule has 2 N–H and O–H groups in total. The number of nitrogens with one attached hydrogen (secondary N) is 1. The second-order valence-corrected chi connectivity index (χ2v) is 5.96. The van der Waals surface area contributed by atoms with Gasteiger partial charge in [-0.2, -0.15) is 0 Å². The summed E-state index contributed by atoms with van der Waals surface area (Å²) in [6.07, 6.45) is 1.95. The van der Waals surface area contributed by atoms with E-state index in [0.717, 1.165) is 19.4 Å². The lowest BCUT2D eigenvalue weighted by atomic mass is 9.95. The molecule has 0 aromatic rings. The van der Waals surface area contributed by atoms with Gasteiger partial charge in [0.25, 0.3) is 0 Å². The summed E-state index contributed by atoms with van der Waals surface area (Å²) in [5, 5.41) is 11.8. The van der Waals surface area contributed by atoms with E-state index in [-0.39, 0.29) is 18.4 Å². The Morgan fingerprint density at radius 2 is 2.05 bits per heavy atom. The third-order valence-corrected chi connectivity index (χ3v) is 3.98. The molecule has 1 heterocycles. The Hall–Kier alpha value is -1.26. The fourth-order valence-electron chi connectivity index (χ4n) is 2.26. The molecule has 2 atom stereocenters. The quantitative estimate of drug-likeness (QED) is 0.804. The van der Waals surface area contributed by atoms with Gasteiger partial charge in [-0.25, -0.2) is 4.79 Å². The highest BCUT2D eigenvalue weighted by atomic mass is 16.4. The summed E-state index contributed by atoms with van der Waals surface area (Å²) in [7, 11) is 0. The molecular formula is C14H26N2O3. The smallest absolute Gasteiger partial charge is 0.317 e. The van der Waals surface area contributed by atoms with Crippen molar-refractivity contribution >= 4 is 12.0 Å². The first-order valence-electron chi connectivity index (χ1n) is 7.14. The van der Waals surface area contributed by atoms with Gasteiger partial charge in [-0.3, -0.25) is 4.79 Å². The van der Waals surface area contributed by atoms with Crippen molar-refractivity contribution in [2.45, 2.75) is 40.0 Å². The van der Waals surface area contributed by atoms with Crippen LogP contribution >= 0.6 is 0 Å². The number of urea groups is 1. The minimum Gasteiger partial charge on any atom is -0.481 e. The van der Waals surface area contributed by atoms with Gasteiger partial charge in [0, 0.05) is 26.1 Å².